The van der Waals surface area contributed by atoms with E-state index < -0.39 is 0 Å². The first kappa shape index (κ1) is 15.6. The lowest BCUT2D eigenvalue weighted by Gasteiger charge is -2.30. The van der Waals surface area contributed by atoms with E-state index in [9.17, 15) is 0 Å². The third-order valence-electron chi connectivity index (χ3n) is 3.62. The van der Waals surface area contributed by atoms with Crippen LogP contribution in [0.3, 0.4) is 0 Å². The van der Waals surface area contributed by atoms with Crippen molar-refractivity contribution in [1.82, 2.24) is 4.90 Å². The monoisotopic (exact) mass is 305 g/mol. The van der Waals surface area contributed by atoms with Crippen LogP contribution >= 0.6 is 24.0 Å². The molecule has 1 unspecified atom stereocenters. The highest BCUT2D eigenvalue weighted by Crippen LogP contribution is 2.22. The van der Waals surface area contributed by atoms with Crippen molar-refractivity contribution in [2.24, 2.45) is 0 Å². The Balaban J connectivity index is 2.06. The van der Waals surface area contributed by atoms with Crippen molar-refractivity contribution in [3.05, 3.63) is 58.3 Å². The molecule has 2 aromatic rings. The zero-order valence-corrected chi connectivity index (χ0v) is 13.9. The van der Waals surface area contributed by atoms with E-state index in [1.54, 1.807) is 0 Å². The molecule has 1 aromatic heterocycles. The Hall–Kier alpha value is -0.770. The van der Waals surface area contributed by atoms with Crippen LogP contribution in [0.2, 0.25) is 0 Å². The van der Waals surface area contributed by atoms with Crippen molar-refractivity contribution < 1.29 is 0 Å². The lowest BCUT2D eigenvalue weighted by Crippen LogP contribution is -2.34. The third kappa shape index (κ3) is 4.37. The Morgan fingerprint density at radius 2 is 1.85 bits per heavy atom. The summed E-state index contributed by atoms with van der Waals surface area (Å²) in [7, 11) is 0. The van der Waals surface area contributed by atoms with Crippen molar-refractivity contribution in [1.29, 1.82) is 0 Å². The van der Waals surface area contributed by atoms with Crippen LogP contribution < -0.4 is 0 Å². The van der Waals surface area contributed by atoms with E-state index in [1.165, 1.54) is 10.4 Å². The van der Waals surface area contributed by atoms with E-state index in [4.69, 9.17) is 0 Å². The fraction of sp³-hybridized carbons (Fsp3) is 0.412. The molecule has 0 spiro atoms. The van der Waals surface area contributed by atoms with Gasteiger partial charge in [0.05, 0.1) is 0 Å². The lowest BCUT2D eigenvalue weighted by molar-refractivity contribution is 0.205. The second-order valence-electron chi connectivity index (χ2n) is 5.39. The SMILES string of the molecule is CC(C)N(Cc1cccs1)CC(CS)c1ccccc1. The first-order valence-corrected chi connectivity index (χ1v) is 8.64. The van der Waals surface area contributed by atoms with Crippen LogP contribution in [0.15, 0.2) is 47.8 Å². The minimum Gasteiger partial charge on any atom is -0.295 e. The van der Waals surface area contributed by atoms with Gasteiger partial charge in [0.15, 0.2) is 0 Å². The molecule has 2 rings (SSSR count). The molecule has 0 radical (unpaired) electrons. The predicted octanol–water partition coefficient (Wildman–Crippen LogP) is 4.67. The average Bonchev–Trinajstić information content (AvgIpc) is 2.97. The van der Waals surface area contributed by atoms with Crippen molar-refractivity contribution in [3.63, 3.8) is 0 Å². The summed E-state index contributed by atoms with van der Waals surface area (Å²) in [5, 5.41) is 2.15. The molecule has 3 heteroatoms. The van der Waals surface area contributed by atoms with Gasteiger partial charge in [0.2, 0.25) is 0 Å². The van der Waals surface area contributed by atoms with Crippen LogP contribution in [0.25, 0.3) is 0 Å². The summed E-state index contributed by atoms with van der Waals surface area (Å²) in [6.45, 7) is 6.64. The van der Waals surface area contributed by atoms with Crippen molar-refractivity contribution in [3.8, 4) is 0 Å². The summed E-state index contributed by atoms with van der Waals surface area (Å²) in [4.78, 5) is 3.98. The second-order valence-corrected chi connectivity index (χ2v) is 6.79. The molecule has 1 nitrogen and oxygen atoms in total. The largest absolute Gasteiger partial charge is 0.295 e. The van der Waals surface area contributed by atoms with Gasteiger partial charge in [-0.25, -0.2) is 0 Å². The highest BCUT2D eigenvalue weighted by atomic mass is 32.1. The summed E-state index contributed by atoms with van der Waals surface area (Å²) >= 11 is 6.40. The number of hydrogen-bond donors (Lipinski definition) is 1. The lowest BCUT2D eigenvalue weighted by atomic mass is 10.00. The molecule has 1 aromatic carbocycles. The first-order chi connectivity index (χ1) is 9.70. The molecule has 0 fully saturated rings. The minimum absolute atomic E-state index is 0.488. The molecule has 0 bridgehead atoms. The predicted molar refractivity (Wildman–Crippen MR) is 92.9 cm³/mol. The van der Waals surface area contributed by atoms with Gasteiger partial charge in [-0.15, -0.1) is 11.3 Å². The number of thiophene rings is 1. The van der Waals surface area contributed by atoms with E-state index in [2.05, 4.69) is 79.2 Å². The standard InChI is InChI=1S/C17H23NS2/c1-14(2)18(12-17-9-6-10-20-17)11-16(13-19)15-7-4-3-5-8-15/h3-10,14,16,19H,11-13H2,1-2H3. The normalized spacial score (nSPS) is 13.1. The number of thiol groups is 1. The van der Waals surface area contributed by atoms with E-state index in [1.807, 2.05) is 11.3 Å². The molecule has 0 aliphatic rings. The molecule has 0 aliphatic heterocycles. The summed E-state index contributed by atoms with van der Waals surface area (Å²) in [5.74, 6) is 1.37. The Morgan fingerprint density at radius 3 is 2.40 bits per heavy atom. The van der Waals surface area contributed by atoms with Gasteiger partial charge in [0.1, 0.15) is 0 Å². The molecule has 1 atom stereocenters. The molecular formula is C17H23NS2. The van der Waals surface area contributed by atoms with Gasteiger partial charge < -0.3 is 0 Å². The Morgan fingerprint density at radius 1 is 1.10 bits per heavy atom. The summed E-state index contributed by atoms with van der Waals surface area (Å²) in [6.07, 6.45) is 0. The maximum atomic E-state index is 4.56. The zero-order valence-electron chi connectivity index (χ0n) is 12.2. The van der Waals surface area contributed by atoms with Crippen LogP contribution in [-0.4, -0.2) is 23.2 Å². The van der Waals surface area contributed by atoms with E-state index in [0.29, 0.717) is 12.0 Å². The zero-order chi connectivity index (χ0) is 14.4. The molecule has 0 N–H and O–H groups in total. The van der Waals surface area contributed by atoms with Crippen molar-refractivity contribution in [2.45, 2.75) is 32.4 Å². The molecule has 0 saturated heterocycles. The Bertz CT molecular complexity index is 479. The van der Waals surface area contributed by atoms with Crippen molar-refractivity contribution in [2.75, 3.05) is 12.3 Å². The van der Waals surface area contributed by atoms with Crippen LogP contribution in [0.4, 0.5) is 0 Å². The van der Waals surface area contributed by atoms with E-state index in [0.717, 1.165) is 18.8 Å². The van der Waals surface area contributed by atoms with Crippen LogP contribution in [0.5, 0.6) is 0 Å². The first-order valence-electron chi connectivity index (χ1n) is 7.13. The average molecular weight is 306 g/mol. The van der Waals surface area contributed by atoms with Crippen molar-refractivity contribution >= 4 is 24.0 Å². The molecule has 0 saturated carbocycles. The summed E-state index contributed by atoms with van der Waals surface area (Å²) in [5.41, 5.74) is 1.39. The third-order valence-corrected chi connectivity index (χ3v) is 4.92. The van der Waals surface area contributed by atoms with Gasteiger partial charge >= 0.3 is 0 Å². The van der Waals surface area contributed by atoms with Gasteiger partial charge in [-0.05, 0) is 36.6 Å². The Labute approximate surface area is 132 Å². The molecule has 108 valence electrons. The fourth-order valence-electron chi connectivity index (χ4n) is 2.34. The van der Waals surface area contributed by atoms with Gasteiger partial charge in [-0.2, -0.15) is 12.6 Å². The van der Waals surface area contributed by atoms with Gasteiger partial charge in [0.25, 0.3) is 0 Å². The number of hydrogen-bond acceptors (Lipinski definition) is 3. The molecule has 1 heterocycles. The van der Waals surface area contributed by atoms with Crippen LogP contribution in [-0.2, 0) is 6.54 Å². The molecular weight excluding hydrogens is 282 g/mol. The number of benzene rings is 1. The van der Waals surface area contributed by atoms with E-state index >= 15 is 0 Å². The number of nitrogens with zero attached hydrogens (tertiary/aromatic N) is 1. The molecule has 0 aliphatic carbocycles. The maximum Gasteiger partial charge on any atom is 0.0330 e. The smallest absolute Gasteiger partial charge is 0.0330 e. The van der Waals surface area contributed by atoms with Gasteiger partial charge in [0, 0.05) is 29.9 Å². The highest BCUT2D eigenvalue weighted by Gasteiger charge is 2.17. The van der Waals surface area contributed by atoms with Crippen LogP contribution in [0, 0.1) is 0 Å². The summed E-state index contributed by atoms with van der Waals surface area (Å²) < 4.78 is 0. The quantitative estimate of drug-likeness (QED) is 0.727. The maximum absolute atomic E-state index is 4.56. The molecule has 20 heavy (non-hydrogen) atoms. The van der Waals surface area contributed by atoms with Gasteiger partial charge in [-0.3, -0.25) is 4.90 Å². The minimum atomic E-state index is 0.488. The second kappa shape index (κ2) is 7.87. The van der Waals surface area contributed by atoms with E-state index in [-0.39, 0.29) is 0 Å². The topological polar surface area (TPSA) is 3.24 Å². The van der Waals surface area contributed by atoms with Crippen LogP contribution in [0.1, 0.15) is 30.2 Å². The highest BCUT2D eigenvalue weighted by molar-refractivity contribution is 7.80. The number of rotatable bonds is 7. The van der Waals surface area contributed by atoms with Gasteiger partial charge in [-0.1, -0.05) is 36.4 Å². The Kier molecular flexibility index (Phi) is 6.14. The fourth-order valence-corrected chi connectivity index (χ4v) is 3.39. The summed E-state index contributed by atoms with van der Waals surface area (Å²) in [6, 6.07) is 15.6. The molecule has 0 amide bonds.